The van der Waals surface area contributed by atoms with E-state index in [9.17, 15) is 4.39 Å². The molecule has 1 aromatic heterocycles. The molecule has 3 nitrogen and oxygen atoms in total. The second-order valence-electron chi connectivity index (χ2n) is 5.72. The van der Waals surface area contributed by atoms with Gasteiger partial charge in [0.05, 0.1) is 0 Å². The molecule has 0 unspecified atom stereocenters. The molecular formula is C20H17FN2O. The molecular weight excluding hydrogens is 303 g/mol. The standard InChI is InChI=1S/C20H17FN2O/c1-22-14-6-8-19-16(10-14)17-11-15(7-9-20(17)24-19)23-12-13-4-2-3-5-18(13)21/h2-11,22-23H,12H2,1H3. The summed E-state index contributed by atoms with van der Waals surface area (Å²) in [4.78, 5) is 0. The summed E-state index contributed by atoms with van der Waals surface area (Å²) in [5.74, 6) is -0.196. The fourth-order valence-electron chi connectivity index (χ4n) is 2.88. The van der Waals surface area contributed by atoms with E-state index in [1.54, 1.807) is 12.1 Å². The van der Waals surface area contributed by atoms with Gasteiger partial charge in [-0.2, -0.15) is 0 Å². The number of nitrogens with one attached hydrogen (secondary N) is 2. The van der Waals surface area contributed by atoms with Crippen LogP contribution in [0.1, 0.15) is 5.56 Å². The minimum atomic E-state index is -0.196. The first kappa shape index (κ1) is 14.6. The van der Waals surface area contributed by atoms with Gasteiger partial charge in [0, 0.05) is 41.3 Å². The summed E-state index contributed by atoms with van der Waals surface area (Å²) in [7, 11) is 1.89. The molecule has 0 aliphatic heterocycles. The maximum absolute atomic E-state index is 13.7. The quantitative estimate of drug-likeness (QED) is 0.530. The summed E-state index contributed by atoms with van der Waals surface area (Å²) >= 11 is 0. The monoisotopic (exact) mass is 320 g/mol. The molecule has 0 aliphatic rings. The summed E-state index contributed by atoms with van der Waals surface area (Å²) in [6, 6.07) is 18.8. The summed E-state index contributed by atoms with van der Waals surface area (Å²) in [6.45, 7) is 0.440. The van der Waals surface area contributed by atoms with Crippen LogP contribution in [0.25, 0.3) is 21.9 Å². The van der Waals surface area contributed by atoms with Crippen LogP contribution in [0.3, 0.4) is 0 Å². The van der Waals surface area contributed by atoms with E-state index in [1.807, 2.05) is 43.4 Å². The smallest absolute Gasteiger partial charge is 0.135 e. The first-order valence-electron chi connectivity index (χ1n) is 7.86. The number of anilines is 2. The Morgan fingerprint density at radius 3 is 2.25 bits per heavy atom. The topological polar surface area (TPSA) is 37.2 Å². The zero-order valence-electron chi connectivity index (χ0n) is 13.3. The van der Waals surface area contributed by atoms with E-state index in [4.69, 9.17) is 4.42 Å². The highest BCUT2D eigenvalue weighted by atomic mass is 19.1. The first-order valence-corrected chi connectivity index (χ1v) is 7.86. The molecule has 3 aromatic carbocycles. The molecule has 2 N–H and O–H groups in total. The third-order valence-electron chi connectivity index (χ3n) is 4.20. The summed E-state index contributed by atoms with van der Waals surface area (Å²) in [5, 5.41) is 8.53. The molecule has 0 bridgehead atoms. The molecule has 0 saturated carbocycles. The Labute approximate surface area is 139 Å². The van der Waals surface area contributed by atoms with Crippen molar-refractivity contribution in [3.05, 3.63) is 72.0 Å². The molecule has 120 valence electrons. The maximum atomic E-state index is 13.7. The van der Waals surface area contributed by atoms with Crippen molar-refractivity contribution in [3.8, 4) is 0 Å². The Morgan fingerprint density at radius 2 is 1.54 bits per heavy atom. The Morgan fingerprint density at radius 1 is 0.875 bits per heavy atom. The average Bonchev–Trinajstić information content (AvgIpc) is 2.98. The normalized spacial score (nSPS) is 11.1. The van der Waals surface area contributed by atoms with Crippen molar-refractivity contribution in [1.29, 1.82) is 0 Å². The number of hydrogen-bond donors (Lipinski definition) is 2. The lowest BCUT2D eigenvalue weighted by Crippen LogP contribution is -2.01. The van der Waals surface area contributed by atoms with Gasteiger partial charge < -0.3 is 15.1 Å². The lowest BCUT2D eigenvalue weighted by Gasteiger charge is -2.07. The summed E-state index contributed by atoms with van der Waals surface area (Å²) in [6.07, 6.45) is 0. The van der Waals surface area contributed by atoms with Crippen LogP contribution in [0.5, 0.6) is 0 Å². The Balaban J connectivity index is 1.69. The van der Waals surface area contributed by atoms with Gasteiger partial charge in [-0.15, -0.1) is 0 Å². The molecule has 0 fully saturated rings. The van der Waals surface area contributed by atoms with Crippen LogP contribution in [0, 0.1) is 5.82 Å². The molecule has 0 amide bonds. The maximum Gasteiger partial charge on any atom is 0.135 e. The number of hydrogen-bond acceptors (Lipinski definition) is 3. The van der Waals surface area contributed by atoms with E-state index >= 15 is 0 Å². The van der Waals surface area contributed by atoms with Gasteiger partial charge in [0.25, 0.3) is 0 Å². The van der Waals surface area contributed by atoms with Crippen molar-refractivity contribution >= 4 is 33.3 Å². The molecule has 0 saturated heterocycles. The minimum Gasteiger partial charge on any atom is -0.456 e. The lowest BCUT2D eigenvalue weighted by molar-refractivity contribution is 0.613. The molecule has 1 heterocycles. The van der Waals surface area contributed by atoms with Crippen molar-refractivity contribution in [1.82, 2.24) is 0 Å². The van der Waals surface area contributed by atoms with Gasteiger partial charge in [-0.3, -0.25) is 0 Å². The number of rotatable bonds is 4. The Hall–Kier alpha value is -3.01. The van der Waals surface area contributed by atoms with Gasteiger partial charge in [-0.1, -0.05) is 18.2 Å². The van der Waals surface area contributed by atoms with E-state index in [1.165, 1.54) is 6.07 Å². The van der Waals surface area contributed by atoms with E-state index in [0.29, 0.717) is 12.1 Å². The Kier molecular flexibility index (Phi) is 3.58. The van der Waals surface area contributed by atoms with Crippen LogP contribution in [0.15, 0.2) is 65.1 Å². The third-order valence-corrected chi connectivity index (χ3v) is 4.20. The van der Waals surface area contributed by atoms with E-state index in [2.05, 4.69) is 16.7 Å². The van der Waals surface area contributed by atoms with Crippen LogP contribution in [-0.4, -0.2) is 7.05 Å². The van der Waals surface area contributed by atoms with Crippen molar-refractivity contribution in [2.24, 2.45) is 0 Å². The zero-order chi connectivity index (χ0) is 16.5. The average molecular weight is 320 g/mol. The second kappa shape index (κ2) is 5.89. The predicted molar refractivity (Wildman–Crippen MR) is 97.0 cm³/mol. The number of fused-ring (bicyclic) bond motifs is 3. The van der Waals surface area contributed by atoms with E-state index in [0.717, 1.165) is 33.3 Å². The number of benzene rings is 3. The summed E-state index contributed by atoms with van der Waals surface area (Å²) < 4.78 is 19.6. The highest BCUT2D eigenvalue weighted by molar-refractivity contribution is 6.07. The summed E-state index contributed by atoms with van der Waals surface area (Å²) in [5.41, 5.74) is 4.32. The fourth-order valence-corrected chi connectivity index (χ4v) is 2.88. The van der Waals surface area contributed by atoms with Crippen molar-refractivity contribution in [3.63, 3.8) is 0 Å². The molecule has 0 spiro atoms. The van der Waals surface area contributed by atoms with Crippen molar-refractivity contribution < 1.29 is 8.81 Å². The molecule has 4 heteroatoms. The molecule has 24 heavy (non-hydrogen) atoms. The second-order valence-corrected chi connectivity index (χ2v) is 5.72. The molecule has 4 rings (SSSR count). The van der Waals surface area contributed by atoms with Crippen LogP contribution >= 0.6 is 0 Å². The van der Waals surface area contributed by atoms with Crippen LogP contribution in [-0.2, 0) is 6.54 Å². The molecule has 4 aromatic rings. The van der Waals surface area contributed by atoms with Crippen LogP contribution in [0.2, 0.25) is 0 Å². The number of halogens is 1. The third kappa shape index (κ3) is 2.56. The first-order chi connectivity index (χ1) is 11.7. The number of furan rings is 1. The highest BCUT2D eigenvalue weighted by Crippen LogP contribution is 2.32. The lowest BCUT2D eigenvalue weighted by atomic mass is 10.1. The van der Waals surface area contributed by atoms with Crippen LogP contribution in [0.4, 0.5) is 15.8 Å². The predicted octanol–water partition coefficient (Wildman–Crippen LogP) is 5.38. The van der Waals surface area contributed by atoms with Gasteiger partial charge in [0.15, 0.2) is 0 Å². The van der Waals surface area contributed by atoms with Crippen LogP contribution < -0.4 is 10.6 Å². The fraction of sp³-hybridized carbons (Fsp3) is 0.100. The zero-order valence-corrected chi connectivity index (χ0v) is 13.3. The highest BCUT2D eigenvalue weighted by Gasteiger charge is 2.08. The van der Waals surface area contributed by atoms with E-state index in [-0.39, 0.29) is 5.82 Å². The molecule has 0 radical (unpaired) electrons. The van der Waals surface area contributed by atoms with E-state index < -0.39 is 0 Å². The largest absolute Gasteiger partial charge is 0.456 e. The van der Waals surface area contributed by atoms with Crippen molar-refractivity contribution in [2.75, 3.05) is 17.7 Å². The minimum absolute atomic E-state index is 0.196. The van der Waals surface area contributed by atoms with Gasteiger partial charge >= 0.3 is 0 Å². The molecule has 0 atom stereocenters. The van der Waals surface area contributed by atoms with Gasteiger partial charge in [0.2, 0.25) is 0 Å². The van der Waals surface area contributed by atoms with Crippen molar-refractivity contribution in [2.45, 2.75) is 6.54 Å². The van der Waals surface area contributed by atoms with Gasteiger partial charge in [-0.25, -0.2) is 4.39 Å². The van der Waals surface area contributed by atoms with Gasteiger partial charge in [0.1, 0.15) is 17.0 Å². The molecule has 0 aliphatic carbocycles. The Bertz CT molecular complexity index is 1020. The SMILES string of the molecule is CNc1ccc2oc3ccc(NCc4ccccc4F)cc3c2c1. The van der Waals surface area contributed by atoms with Gasteiger partial charge in [-0.05, 0) is 42.5 Å².